The van der Waals surface area contributed by atoms with Crippen molar-refractivity contribution in [1.82, 2.24) is 25.0 Å². The molecule has 0 radical (unpaired) electrons. The van der Waals surface area contributed by atoms with Gasteiger partial charge in [0.15, 0.2) is 5.96 Å². The fourth-order valence-corrected chi connectivity index (χ4v) is 4.25. The number of nitrogens with zero attached hydrogens (tertiary/aromatic N) is 5. The Morgan fingerprint density at radius 3 is 2.76 bits per heavy atom. The first kappa shape index (κ1) is 20.5. The van der Waals surface area contributed by atoms with Crippen LogP contribution in [0, 0.1) is 5.41 Å². The number of aliphatic imine (C=N–C) groups is 1. The lowest BCUT2D eigenvalue weighted by atomic mass is 9.73. The van der Waals surface area contributed by atoms with Crippen LogP contribution in [0.1, 0.15) is 58.2 Å². The Morgan fingerprint density at radius 2 is 2.04 bits per heavy atom. The van der Waals surface area contributed by atoms with Crippen LogP contribution in [0.25, 0.3) is 0 Å². The minimum Gasteiger partial charge on any atom is -0.357 e. The summed E-state index contributed by atoms with van der Waals surface area (Å²) < 4.78 is 2.11. The molecule has 0 amide bonds. The first-order valence-corrected chi connectivity index (χ1v) is 9.66. The van der Waals surface area contributed by atoms with E-state index in [1.165, 1.54) is 45.1 Å². The molecule has 1 N–H and O–H groups in total. The third-order valence-electron chi connectivity index (χ3n) is 5.60. The number of aryl methyl sites for hydroxylation is 1. The molecule has 25 heavy (non-hydrogen) atoms. The summed E-state index contributed by atoms with van der Waals surface area (Å²) >= 11 is 0. The predicted octanol–water partition coefficient (Wildman–Crippen LogP) is 3.08. The zero-order chi connectivity index (χ0) is 16.8. The monoisotopic (exact) mass is 460 g/mol. The highest BCUT2D eigenvalue weighted by molar-refractivity contribution is 14.0. The van der Waals surface area contributed by atoms with E-state index in [0.717, 1.165) is 44.4 Å². The standard InChI is InChI=1S/C18H32N6.HI/c1-3-16-22-21-15-24(16)13-11-20-17(19-4-2)23-12-10-18(14-23)8-6-5-7-9-18;/h15H,3-14H2,1-2H3,(H,19,20);1H. The van der Waals surface area contributed by atoms with Crippen molar-refractivity contribution in [2.24, 2.45) is 10.4 Å². The van der Waals surface area contributed by atoms with Crippen LogP contribution in [0.3, 0.4) is 0 Å². The van der Waals surface area contributed by atoms with Crippen LogP contribution in [0.4, 0.5) is 0 Å². The molecule has 0 bridgehead atoms. The van der Waals surface area contributed by atoms with Gasteiger partial charge in [0.25, 0.3) is 0 Å². The molecule has 1 aliphatic heterocycles. The molecule has 1 aromatic heterocycles. The van der Waals surface area contributed by atoms with Crippen LogP contribution in [-0.4, -0.2) is 51.8 Å². The average Bonchev–Trinajstić information content (AvgIpc) is 3.22. The van der Waals surface area contributed by atoms with Crippen LogP contribution in [0.2, 0.25) is 0 Å². The number of hydrogen-bond acceptors (Lipinski definition) is 3. The fraction of sp³-hybridized carbons (Fsp3) is 0.833. The molecule has 3 rings (SSSR count). The van der Waals surface area contributed by atoms with Gasteiger partial charge in [-0.1, -0.05) is 26.2 Å². The molecular weight excluding hydrogens is 427 g/mol. The Balaban J connectivity index is 0.00000225. The third-order valence-corrected chi connectivity index (χ3v) is 5.60. The summed E-state index contributed by atoms with van der Waals surface area (Å²) in [6.45, 7) is 9.15. The van der Waals surface area contributed by atoms with Crippen molar-refractivity contribution >= 4 is 29.9 Å². The van der Waals surface area contributed by atoms with Gasteiger partial charge in [0.2, 0.25) is 0 Å². The van der Waals surface area contributed by atoms with Gasteiger partial charge in [-0.15, -0.1) is 34.2 Å². The molecule has 1 spiro atoms. The summed E-state index contributed by atoms with van der Waals surface area (Å²) in [5.41, 5.74) is 0.568. The lowest BCUT2D eigenvalue weighted by Crippen LogP contribution is -2.41. The molecule has 142 valence electrons. The summed E-state index contributed by atoms with van der Waals surface area (Å²) in [6.07, 6.45) is 11.1. The lowest BCUT2D eigenvalue weighted by Gasteiger charge is -2.33. The van der Waals surface area contributed by atoms with Gasteiger partial charge in [-0.2, -0.15) is 0 Å². The minimum atomic E-state index is 0. The van der Waals surface area contributed by atoms with Gasteiger partial charge in [-0.05, 0) is 31.6 Å². The highest BCUT2D eigenvalue weighted by atomic mass is 127. The van der Waals surface area contributed by atoms with E-state index in [1.54, 1.807) is 0 Å². The summed E-state index contributed by atoms with van der Waals surface area (Å²) in [4.78, 5) is 7.37. The Morgan fingerprint density at radius 1 is 1.24 bits per heavy atom. The second-order valence-corrected chi connectivity index (χ2v) is 7.26. The van der Waals surface area contributed by atoms with Crippen molar-refractivity contribution in [3.63, 3.8) is 0 Å². The van der Waals surface area contributed by atoms with E-state index in [1.807, 2.05) is 6.33 Å². The summed E-state index contributed by atoms with van der Waals surface area (Å²) in [7, 11) is 0. The van der Waals surface area contributed by atoms with E-state index in [9.17, 15) is 0 Å². The number of nitrogens with one attached hydrogen (secondary N) is 1. The Kier molecular flexibility index (Phi) is 7.96. The van der Waals surface area contributed by atoms with E-state index in [2.05, 4.69) is 38.8 Å². The molecule has 2 heterocycles. The van der Waals surface area contributed by atoms with Crippen molar-refractivity contribution in [3.05, 3.63) is 12.2 Å². The number of guanidine groups is 1. The number of likely N-dealkylation sites (tertiary alicyclic amines) is 1. The highest BCUT2D eigenvalue weighted by Crippen LogP contribution is 2.43. The third kappa shape index (κ3) is 5.08. The second kappa shape index (κ2) is 9.73. The molecule has 1 saturated heterocycles. The molecule has 0 atom stereocenters. The topological polar surface area (TPSA) is 58.3 Å². The van der Waals surface area contributed by atoms with Gasteiger partial charge in [0, 0.05) is 32.6 Å². The maximum absolute atomic E-state index is 4.88. The van der Waals surface area contributed by atoms with Crippen LogP contribution in [0.5, 0.6) is 0 Å². The van der Waals surface area contributed by atoms with Gasteiger partial charge in [-0.3, -0.25) is 4.99 Å². The number of halogens is 1. The van der Waals surface area contributed by atoms with Crippen LogP contribution >= 0.6 is 24.0 Å². The summed E-state index contributed by atoms with van der Waals surface area (Å²) in [5.74, 6) is 2.13. The molecule has 0 unspecified atom stereocenters. The minimum absolute atomic E-state index is 0. The molecule has 7 heteroatoms. The average molecular weight is 460 g/mol. The summed E-state index contributed by atoms with van der Waals surface area (Å²) in [5, 5.41) is 11.6. The molecule has 1 saturated carbocycles. The van der Waals surface area contributed by atoms with Gasteiger partial charge in [0.05, 0.1) is 6.54 Å². The first-order chi connectivity index (χ1) is 11.8. The van der Waals surface area contributed by atoms with Gasteiger partial charge in [-0.25, -0.2) is 0 Å². The molecule has 1 aliphatic carbocycles. The van der Waals surface area contributed by atoms with E-state index >= 15 is 0 Å². The van der Waals surface area contributed by atoms with Crippen molar-refractivity contribution < 1.29 is 0 Å². The number of rotatable bonds is 5. The second-order valence-electron chi connectivity index (χ2n) is 7.26. The van der Waals surface area contributed by atoms with E-state index < -0.39 is 0 Å². The van der Waals surface area contributed by atoms with Crippen LogP contribution < -0.4 is 5.32 Å². The quantitative estimate of drug-likeness (QED) is 0.417. The molecular formula is C18H33IN6. The van der Waals surface area contributed by atoms with E-state index in [-0.39, 0.29) is 24.0 Å². The maximum Gasteiger partial charge on any atom is 0.193 e. The largest absolute Gasteiger partial charge is 0.357 e. The van der Waals surface area contributed by atoms with Crippen LogP contribution in [0.15, 0.2) is 11.3 Å². The van der Waals surface area contributed by atoms with Crippen molar-refractivity contribution in [1.29, 1.82) is 0 Å². The SMILES string of the molecule is CCNC(=NCCn1cnnc1CC)N1CCC2(CCCCC2)C1.I. The maximum atomic E-state index is 4.88. The van der Waals surface area contributed by atoms with Gasteiger partial charge >= 0.3 is 0 Å². The van der Waals surface area contributed by atoms with Crippen molar-refractivity contribution in [3.8, 4) is 0 Å². The van der Waals surface area contributed by atoms with E-state index in [0.29, 0.717) is 5.41 Å². The normalized spacial score (nSPS) is 19.9. The van der Waals surface area contributed by atoms with Gasteiger partial charge in [0.1, 0.15) is 12.2 Å². The lowest BCUT2D eigenvalue weighted by molar-refractivity contribution is 0.203. The molecule has 0 aromatic carbocycles. The van der Waals surface area contributed by atoms with E-state index in [4.69, 9.17) is 4.99 Å². The van der Waals surface area contributed by atoms with Crippen LogP contribution in [-0.2, 0) is 13.0 Å². The Labute approximate surface area is 168 Å². The van der Waals surface area contributed by atoms with Crippen molar-refractivity contribution in [2.45, 2.75) is 65.3 Å². The zero-order valence-corrected chi connectivity index (χ0v) is 18.0. The molecule has 2 aliphatic rings. The fourth-order valence-electron chi connectivity index (χ4n) is 4.25. The number of aromatic nitrogens is 3. The Bertz CT molecular complexity index is 550. The Hall–Kier alpha value is -0.860. The highest BCUT2D eigenvalue weighted by Gasteiger charge is 2.39. The summed E-state index contributed by atoms with van der Waals surface area (Å²) in [6, 6.07) is 0. The van der Waals surface area contributed by atoms with Gasteiger partial charge < -0.3 is 14.8 Å². The zero-order valence-electron chi connectivity index (χ0n) is 15.7. The smallest absolute Gasteiger partial charge is 0.193 e. The first-order valence-electron chi connectivity index (χ1n) is 9.66. The predicted molar refractivity (Wildman–Crippen MR) is 113 cm³/mol. The molecule has 6 nitrogen and oxygen atoms in total. The molecule has 2 fully saturated rings. The number of hydrogen-bond donors (Lipinski definition) is 1. The van der Waals surface area contributed by atoms with Crippen molar-refractivity contribution in [2.75, 3.05) is 26.2 Å². The molecule has 1 aromatic rings.